The Balaban J connectivity index is 2.89. The van der Waals surface area contributed by atoms with E-state index in [0.29, 0.717) is 31.5 Å². The van der Waals surface area contributed by atoms with Crippen LogP contribution in [0.1, 0.15) is 18.4 Å². The minimum atomic E-state index is -4.86. The Morgan fingerprint density at radius 1 is 1.20 bits per heavy atom. The van der Waals surface area contributed by atoms with E-state index < -0.39 is 32.5 Å². The van der Waals surface area contributed by atoms with Gasteiger partial charge in [-0.2, -0.15) is 13.2 Å². The molecular weight excluding hydrogens is 300 g/mol. The van der Waals surface area contributed by atoms with E-state index >= 15 is 0 Å². The summed E-state index contributed by atoms with van der Waals surface area (Å²) in [5, 5.41) is 0. The van der Waals surface area contributed by atoms with Crippen LogP contribution in [-0.2, 0) is 16.2 Å². The van der Waals surface area contributed by atoms with Crippen molar-refractivity contribution >= 4 is 10.0 Å². The van der Waals surface area contributed by atoms with E-state index in [-0.39, 0.29) is 6.54 Å². The summed E-state index contributed by atoms with van der Waals surface area (Å²) in [6.45, 7) is 0.485. The summed E-state index contributed by atoms with van der Waals surface area (Å²) >= 11 is 0. The topological polar surface area (TPSA) is 72.2 Å². The summed E-state index contributed by atoms with van der Waals surface area (Å²) in [5.74, 6) is -1.62. The highest BCUT2D eigenvalue weighted by atomic mass is 32.2. The molecule has 0 unspecified atom stereocenters. The first-order valence-electron chi connectivity index (χ1n) is 5.75. The van der Waals surface area contributed by atoms with Crippen LogP contribution in [0.15, 0.2) is 23.1 Å². The zero-order chi connectivity index (χ0) is 15.4. The highest BCUT2D eigenvalue weighted by molar-refractivity contribution is 7.89. The van der Waals surface area contributed by atoms with Crippen molar-refractivity contribution in [3.8, 4) is 0 Å². The van der Waals surface area contributed by atoms with Gasteiger partial charge in [-0.15, -0.1) is 0 Å². The molecule has 3 N–H and O–H groups in total. The largest absolute Gasteiger partial charge is 0.419 e. The van der Waals surface area contributed by atoms with Crippen LogP contribution >= 0.6 is 0 Å². The molecule has 0 aromatic heterocycles. The summed E-state index contributed by atoms with van der Waals surface area (Å²) in [4.78, 5) is -0.546. The molecule has 0 atom stereocenters. The molecule has 0 fully saturated rings. The van der Waals surface area contributed by atoms with E-state index in [1.54, 1.807) is 0 Å². The molecule has 9 heteroatoms. The van der Waals surface area contributed by atoms with Crippen LogP contribution in [0.5, 0.6) is 0 Å². The van der Waals surface area contributed by atoms with Crippen LogP contribution in [0.4, 0.5) is 17.6 Å². The van der Waals surface area contributed by atoms with Gasteiger partial charge >= 0.3 is 6.18 Å². The number of hydrogen-bond donors (Lipinski definition) is 2. The maximum Gasteiger partial charge on any atom is 0.419 e. The summed E-state index contributed by atoms with van der Waals surface area (Å²) in [6.07, 6.45) is -3.77. The van der Waals surface area contributed by atoms with Gasteiger partial charge < -0.3 is 5.73 Å². The summed E-state index contributed by atoms with van der Waals surface area (Å²) in [6, 6.07) is 1.48. The molecule has 0 saturated carbocycles. The van der Waals surface area contributed by atoms with Gasteiger partial charge in [-0.05, 0) is 37.6 Å². The van der Waals surface area contributed by atoms with Gasteiger partial charge in [0, 0.05) is 6.54 Å². The number of benzene rings is 1. The van der Waals surface area contributed by atoms with Crippen molar-refractivity contribution in [3.63, 3.8) is 0 Å². The monoisotopic (exact) mass is 314 g/mol. The average Bonchev–Trinajstić information content (AvgIpc) is 2.33. The molecule has 1 aromatic rings. The van der Waals surface area contributed by atoms with Crippen LogP contribution in [0, 0.1) is 5.82 Å². The summed E-state index contributed by atoms with van der Waals surface area (Å²) in [7, 11) is -4.02. The van der Waals surface area contributed by atoms with E-state index in [0.717, 1.165) is 6.07 Å². The SMILES string of the molecule is NCCCCNS(=O)(=O)c1ccc(C(F)(F)F)c(F)c1. The van der Waals surface area contributed by atoms with E-state index in [1.165, 1.54) is 0 Å². The lowest BCUT2D eigenvalue weighted by Gasteiger charge is -2.10. The van der Waals surface area contributed by atoms with Crippen molar-refractivity contribution < 1.29 is 26.0 Å². The van der Waals surface area contributed by atoms with E-state index in [4.69, 9.17) is 5.73 Å². The summed E-state index contributed by atoms with van der Waals surface area (Å²) < 4.78 is 75.9. The molecule has 0 saturated heterocycles. The minimum Gasteiger partial charge on any atom is -0.330 e. The molecule has 0 aliphatic heterocycles. The standard InChI is InChI=1S/C11H14F4N2O2S/c12-10-7-8(3-4-9(10)11(13,14)15)20(18,19)17-6-2-1-5-16/h3-4,7,17H,1-2,5-6,16H2. The minimum absolute atomic E-state index is 0.0855. The maximum atomic E-state index is 13.3. The smallest absolute Gasteiger partial charge is 0.330 e. The number of halogens is 4. The van der Waals surface area contributed by atoms with Crippen molar-refractivity contribution in [1.82, 2.24) is 4.72 Å². The highest BCUT2D eigenvalue weighted by Gasteiger charge is 2.34. The van der Waals surface area contributed by atoms with Crippen molar-refractivity contribution in [3.05, 3.63) is 29.6 Å². The van der Waals surface area contributed by atoms with Crippen LogP contribution in [-0.4, -0.2) is 21.5 Å². The lowest BCUT2D eigenvalue weighted by atomic mass is 10.2. The fourth-order valence-corrected chi connectivity index (χ4v) is 2.54. The average molecular weight is 314 g/mol. The Kier molecular flexibility index (Phi) is 5.49. The molecule has 0 heterocycles. The first kappa shape index (κ1) is 16.9. The van der Waals surface area contributed by atoms with E-state index in [1.807, 2.05) is 0 Å². The third-order valence-electron chi connectivity index (χ3n) is 2.48. The van der Waals surface area contributed by atoms with Gasteiger partial charge in [-0.25, -0.2) is 17.5 Å². The second kappa shape index (κ2) is 6.51. The fraction of sp³-hybridized carbons (Fsp3) is 0.455. The number of hydrogen-bond acceptors (Lipinski definition) is 3. The normalized spacial score (nSPS) is 12.7. The molecule has 0 aliphatic rings. The van der Waals surface area contributed by atoms with Gasteiger partial charge in [0.05, 0.1) is 10.5 Å². The lowest BCUT2D eigenvalue weighted by Crippen LogP contribution is -2.25. The third-order valence-corrected chi connectivity index (χ3v) is 3.94. The van der Waals surface area contributed by atoms with Crippen LogP contribution in [0.2, 0.25) is 0 Å². The number of sulfonamides is 1. The Morgan fingerprint density at radius 2 is 1.85 bits per heavy atom. The number of nitrogens with one attached hydrogen (secondary N) is 1. The summed E-state index contributed by atoms with van der Waals surface area (Å²) in [5.41, 5.74) is 3.73. The van der Waals surface area contributed by atoms with Crippen molar-refractivity contribution in [2.24, 2.45) is 5.73 Å². The molecule has 114 valence electrons. The van der Waals surface area contributed by atoms with Gasteiger partial charge in [0.2, 0.25) is 10.0 Å². The van der Waals surface area contributed by atoms with Gasteiger partial charge in [0.25, 0.3) is 0 Å². The van der Waals surface area contributed by atoms with E-state index in [2.05, 4.69) is 4.72 Å². The van der Waals surface area contributed by atoms with Gasteiger partial charge in [-0.3, -0.25) is 0 Å². The van der Waals surface area contributed by atoms with Crippen LogP contribution in [0.25, 0.3) is 0 Å². The Morgan fingerprint density at radius 3 is 2.35 bits per heavy atom. The molecule has 0 radical (unpaired) electrons. The molecule has 0 bridgehead atoms. The molecule has 1 rings (SSSR count). The predicted molar refractivity (Wildman–Crippen MR) is 64.9 cm³/mol. The quantitative estimate of drug-likeness (QED) is 0.622. The van der Waals surface area contributed by atoms with Gasteiger partial charge in [0.1, 0.15) is 5.82 Å². The first-order valence-corrected chi connectivity index (χ1v) is 7.23. The van der Waals surface area contributed by atoms with Crippen LogP contribution in [0.3, 0.4) is 0 Å². The van der Waals surface area contributed by atoms with E-state index in [9.17, 15) is 26.0 Å². The van der Waals surface area contributed by atoms with Crippen molar-refractivity contribution in [2.75, 3.05) is 13.1 Å². The molecule has 1 aromatic carbocycles. The molecule has 20 heavy (non-hydrogen) atoms. The van der Waals surface area contributed by atoms with Crippen molar-refractivity contribution in [1.29, 1.82) is 0 Å². The zero-order valence-corrected chi connectivity index (χ0v) is 11.2. The number of alkyl halides is 3. The maximum absolute atomic E-state index is 13.3. The number of unbranched alkanes of at least 4 members (excludes halogenated alkanes) is 1. The number of nitrogens with two attached hydrogens (primary N) is 1. The Bertz CT molecular complexity index is 558. The molecule has 4 nitrogen and oxygen atoms in total. The molecule has 0 spiro atoms. The molecular formula is C11H14F4N2O2S. The Labute approximate surface area is 114 Å². The third kappa shape index (κ3) is 4.43. The van der Waals surface area contributed by atoms with Gasteiger partial charge in [0.15, 0.2) is 0 Å². The highest BCUT2D eigenvalue weighted by Crippen LogP contribution is 2.32. The van der Waals surface area contributed by atoms with Crippen molar-refractivity contribution in [2.45, 2.75) is 23.9 Å². The predicted octanol–water partition coefficient (Wildman–Crippen LogP) is 1.86. The molecule has 0 aliphatic carbocycles. The Hall–Kier alpha value is -1.19. The lowest BCUT2D eigenvalue weighted by molar-refractivity contribution is -0.140. The van der Waals surface area contributed by atoms with Crippen LogP contribution < -0.4 is 10.5 Å². The van der Waals surface area contributed by atoms with Gasteiger partial charge in [-0.1, -0.05) is 0 Å². The molecule has 0 amide bonds. The zero-order valence-electron chi connectivity index (χ0n) is 10.4. The first-order chi connectivity index (χ1) is 9.18. The number of rotatable bonds is 6. The fourth-order valence-electron chi connectivity index (χ4n) is 1.45. The second-order valence-electron chi connectivity index (χ2n) is 4.03. The second-order valence-corrected chi connectivity index (χ2v) is 5.80.